The van der Waals surface area contributed by atoms with Crippen LogP contribution in [-0.4, -0.2) is 29.8 Å². The van der Waals surface area contributed by atoms with E-state index in [9.17, 15) is 0 Å². The van der Waals surface area contributed by atoms with Gasteiger partial charge in [0.05, 0.1) is 17.3 Å². The van der Waals surface area contributed by atoms with E-state index >= 15 is 0 Å². The van der Waals surface area contributed by atoms with Crippen molar-refractivity contribution in [3.63, 3.8) is 0 Å². The summed E-state index contributed by atoms with van der Waals surface area (Å²) in [5, 5.41) is 0. The van der Waals surface area contributed by atoms with Gasteiger partial charge in [-0.05, 0) is 34.1 Å². The molecule has 96 valence electrons. The highest BCUT2D eigenvalue weighted by atomic mass is 79.9. The molecule has 0 saturated heterocycles. The van der Waals surface area contributed by atoms with E-state index in [1.54, 1.807) is 7.11 Å². The Morgan fingerprint density at radius 1 is 1.32 bits per heavy atom. The Kier molecular flexibility index (Phi) is 3.29. The number of hydrogen-bond acceptors (Lipinski definition) is 4. The third-order valence-corrected chi connectivity index (χ3v) is 3.67. The lowest BCUT2D eigenvalue weighted by Crippen LogP contribution is -2.07. The van der Waals surface area contributed by atoms with E-state index in [4.69, 9.17) is 4.74 Å². The Labute approximate surface area is 119 Å². The molecule has 0 amide bonds. The first kappa shape index (κ1) is 12.3. The van der Waals surface area contributed by atoms with Crippen LogP contribution in [0.3, 0.4) is 0 Å². The molecule has 0 aliphatic carbocycles. The molecule has 1 aliphatic rings. The van der Waals surface area contributed by atoms with E-state index in [1.807, 2.05) is 30.6 Å². The van der Waals surface area contributed by atoms with Crippen LogP contribution in [0.15, 0.2) is 33.9 Å². The highest BCUT2D eigenvalue weighted by molar-refractivity contribution is 9.10. The molecule has 0 radical (unpaired) electrons. The van der Waals surface area contributed by atoms with Gasteiger partial charge in [0.2, 0.25) is 0 Å². The zero-order valence-electron chi connectivity index (χ0n) is 10.4. The molecule has 5 heteroatoms. The normalized spacial score (nSPS) is 13.2. The van der Waals surface area contributed by atoms with Crippen molar-refractivity contribution >= 4 is 22.1 Å². The SMILES string of the molecule is COc1cc(-c2ncc3c(n2)CCN=C3)ccc1Br. The maximum absolute atomic E-state index is 5.30. The molecule has 2 aromatic rings. The first-order valence-electron chi connectivity index (χ1n) is 5.97. The molecule has 2 heterocycles. The fourth-order valence-electron chi connectivity index (χ4n) is 2.01. The molecular weight excluding hydrogens is 306 g/mol. The third-order valence-electron chi connectivity index (χ3n) is 3.02. The maximum Gasteiger partial charge on any atom is 0.159 e. The maximum atomic E-state index is 5.30. The van der Waals surface area contributed by atoms with Crippen molar-refractivity contribution in [1.29, 1.82) is 0 Å². The minimum atomic E-state index is 0.722. The summed E-state index contributed by atoms with van der Waals surface area (Å²) in [6.07, 6.45) is 4.54. The van der Waals surface area contributed by atoms with Gasteiger partial charge in [0, 0.05) is 36.5 Å². The first-order valence-corrected chi connectivity index (χ1v) is 6.77. The van der Waals surface area contributed by atoms with Crippen molar-refractivity contribution in [1.82, 2.24) is 9.97 Å². The highest BCUT2D eigenvalue weighted by Gasteiger charge is 2.11. The molecular formula is C14H12BrN3O. The van der Waals surface area contributed by atoms with Crippen LogP contribution >= 0.6 is 15.9 Å². The molecule has 0 N–H and O–H groups in total. The van der Waals surface area contributed by atoms with E-state index in [1.165, 1.54) is 0 Å². The summed E-state index contributed by atoms with van der Waals surface area (Å²) < 4.78 is 6.22. The average Bonchev–Trinajstić information content (AvgIpc) is 2.47. The third kappa shape index (κ3) is 2.38. The number of aromatic nitrogens is 2. The van der Waals surface area contributed by atoms with Crippen molar-refractivity contribution in [2.45, 2.75) is 6.42 Å². The quantitative estimate of drug-likeness (QED) is 0.855. The standard InChI is InChI=1S/C14H12BrN3O/c1-19-13-6-9(2-3-11(13)15)14-17-8-10-7-16-5-4-12(10)18-14/h2-3,6-8H,4-5H2,1H3. The zero-order chi connectivity index (χ0) is 13.2. The van der Waals surface area contributed by atoms with Crippen molar-refractivity contribution in [2.24, 2.45) is 4.99 Å². The van der Waals surface area contributed by atoms with Crippen LogP contribution in [0, 0.1) is 0 Å². The van der Waals surface area contributed by atoms with Crippen LogP contribution in [0.5, 0.6) is 5.75 Å². The predicted molar refractivity (Wildman–Crippen MR) is 77.9 cm³/mol. The smallest absolute Gasteiger partial charge is 0.159 e. The van der Waals surface area contributed by atoms with E-state index in [0.717, 1.165) is 45.8 Å². The molecule has 0 unspecified atom stereocenters. The van der Waals surface area contributed by atoms with Gasteiger partial charge in [-0.1, -0.05) is 0 Å². The van der Waals surface area contributed by atoms with Crippen molar-refractivity contribution < 1.29 is 4.74 Å². The predicted octanol–water partition coefficient (Wildman–Crippen LogP) is 2.89. The fourth-order valence-corrected chi connectivity index (χ4v) is 2.41. The lowest BCUT2D eigenvalue weighted by Gasteiger charge is -2.11. The summed E-state index contributed by atoms with van der Waals surface area (Å²) >= 11 is 3.44. The van der Waals surface area contributed by atoms with Gasteiger partial charge in [-0.15, -0.1) is 0 Å². The number of aliphatic imine (C=N–C) groups is 1. The van der Waals surface area contributed by atoms with Crippen LogP contribution < -0.4 is 4.74 Å². The Morgan fingerprint density at radius 2 is 2.21 bits per heavy atom. The van der Waals surface area contributed by atoms with E-state index in [0.29, 0.717) is 0 Å². The fraction of sp³-hybridized carbons (Fsp3) is 0.214. The summed E-state index contributed by atoms with van der Waals surface area (Å²) in [6, 6.07) is 5.85. The Bertz CT molecular complexity index is 655. The number of fused-ring (bicyclic) bond motifs is 1. The first-order chi connectivity index (χ1) is 9.28. The van der Waals surface area contributed by atoms with Gasteiger partial charge >= 0.3 is 0 Å². The van der Waals surface area contributed by atoms with Crippen molar-refractivity contribution in [2.75, 3.05) is 13.7 Å². The van der Waals surface area contributed by atoms with E-state index < -0.39 is 0 Å². The molecule has 0 fully saturated rings. The highest BCUT2D eigenvalue weighted by Crippen LogP contribution is 2.29. The average molecular weight is 318 g/mol. The van der Waals surface area contributed by atoms with Gasteiger partial charge in [-0.3, -0.25) is 4.99 Å². The lowest BCUT2D eigenvalue weighted by molar-refractivity contribution is 0.412. The second kappa shape index (κ2) is 5.09. The van der Waals surface area contributed by atoms with Crippen LogP contribution in [0.1, 0.15) is 11.3 Å². The largest absolute Gasteiger partial charge is 0.496 e. The van der Waals surface area contributed by atoms with Gasteiger partial charge in [-0.25, -0.2) is 9.97 Å². The topological polar surface area (TPSA) is 47.4 Å². The lowest BCUT2D eigenvalue weighted by atomic mass is 10.1. The number of halogens is 1. The summed E-state index contributed by atoms with van der Waals surface area (Å²) in [4.78, 5) is 13.2. The monoisotopic (exact) mass is 317 g/mol. The molecule has 1 aromatic carbocycles. The van der Waals surface area contributed by atoms with Gasteiger partial charge in [0.15, 0.2) is 5.82 Å². The Morgan fingerprint density at radius 3 is 3.05 bits per heavy atom. The molecule has 0 saturated carbocycles. The zero-order valence-corrected chi connectivity index (χ0v) is 12.0. The Balaban J connectivity index is 2.05. The molecule has 1 aromatic heterocycles. The number of rotatable bonds is 2. The van der Waals surface area contributed by atoms with Gasteiger partial charge < -0.3 is 4.74 Å². The molecule has 3 rings (SSSR count). The molecule has 0 spiro atoms. The Hall–Kier alpha value is -1.75. The number of nitrogens with zero attached hydrogens (tertiary/aromatic N) is 3. The minimum Gasteiger partial charge on any atom is -0.496 e. The van der Waals surface area contributed by atoms with Crippen LogP contribution in [0.4, 0.5) is 0 Å². The van der Waals surface area contributed by atoms with Crippen LogP contribution in [0.2, 0.25) is 0 Å². The van der Waals surface area contributed by atoms with Crippen molar-refractivity contribution in [3.8, 4) is 17.1 Å². The van der Waals surface area contributed by atoms with Crippen molar-refractivity contribution in [3.05, 3.63) is 40.1 Å². The number of benzene rings is 1. The van der Waals surface area contributed by atoms with Gasteiger partial charge in [0.1, 0.15) is 5.75 Å². The van der Waals surface area contributed by atoms with E-state index in [-0.39, 0.29) is 0 Å². The minimum absolute atomic E-state index is 0.722. The molecule has 0 atom stereocenters. The number of methoxy groups -OCH3 is 1. The molecule has 19 heavy (non-hydrogen) atoms. The van der Waals surface area contributed by atoms with E-state index in [2.05, 4.69) is 30.9 Å². The van der Waals surface area contributed by atoms with Crippen LogP contribution in [-0.2, 0) is 6.42 Å². The summed E-state index contributed by atoms with van der Waals surface area (Å²) in [7, 11) is 1.65. The molecule has 0 bridgehead atoms. The molecule has 4 nitrogen and oxygen atoms in total. The summed E-state index contributed by atoms with van der Waals surface area (Å²) in [5.74, 6) is 1.50. The summed E-state index contributed by atoms with van der Waals surface area (Å²) in [6.45, 7) is 0.799. The number of hydrogen-bond donors (Lipinski definition) is 0. The van der Waals surface area contributed by atoms with Gasteiger partial charge in [0.25, 0.3) is 0 Å². The molecule has 1 aliphatic heterocycles. The second-order valence-corrected chi connectivity index (χ2v) is 5.08. The second-order valence-electron chi connectivity index (χ2n) is 4.23. The number of ether oxygens (including phenoxy) is 1. The van der Waals surface area contributed by atoms with Gasteiger partial charge in [-0.2, -0.15) is 0 Å². The summed E-state index contributed by atoms with van der Waals surface area (Å²) in [5.41, 5.74) is 3.02. The van der Waals surface area contributed by atoms with Crippen LogP contribution in [0.25, 0.3) is 11.4 Å².